The number of nitro benzene ring substituents is 3. The summed E-state index contributed by atoms with van der Waals surface area (Å²) in [5.74, 6) is -3.07. The zero-order valence-electron chi connectivity index (χ0n) is 21.9. The Kier molecular flexibility index (Phi) is 10.7. The van der Waals surface area contributed by atoms with Crippen LogP contribution in [0.4, 0.5) is 17.1 Å². The lowest BCUT2D eigenvalue weighted by molar-refractivity contribution is -0.385. The predicted molar refractivity (Wildman–Crippen MR) is 149 cm³/mol. The maximum absolute atomic E-state index is 12.9. The minimum absolute atomic E-state index is 0. The van der Waals surface area contributed by atoms with Crippen molar-refractivity contribution in [2.45, 2.75) is 24.6 Å². The number of ether oxygens (including phenoxy) is 4. The lowest BCUT2D eigenvalue weighted by Gasteiger charge is -2.23. The third-order valence-corrected chi connectivity index (χ3v) is 6.09. The topological polar surface area (TPSA) is 238 Å². The van der Waals surface area contributed by atoms with Gasteiger partial charge in [-0.2, -0.15) is 0 Å². The summed E-state index contributed by atoms with van der Waals surface area (Å²) in [6, 6.07) is 13.0. The third kappa shape index (κ3) is 7.73. The number of nitro groups is 3. The van der Waals surface area contributed by atoms with Crippen LogP contribution in [0.3, 0.4) is 0 Å². The summed E-state index contributed by atoms with van der Waals surface area (Å²) < 4.78 is 21.3. The summed E-state index contributed by atoms with van der Waals surface area (Å²) in [4.78, 5) is 68.8. The van der Waals surface area contributed by atoms with Gasteiger partial charge < -0.3 is 24.1 Å². The second kappa shape index (κ2) is 14.2. The fourth-order valence-electron chi connectivity index (χ4n) is 3.89. The van der Waals surface area contributed by atoms with E-state index in [1.165, 1.54) is 0 Å². The SMILES string of the molecule is Br.O=C(OC[C@H]1O[C@H](O)[C@H](OC(=O)c2ccc([N+](=O)[O-])cc2)[C@@H]1OC(=O)c1ccc([N+](=O)[O-])cc1)c1ccc([N+](=O)[O-])cc1. The molecule has 0 unspecified atom stereocenters. The number of hydrogen-bond acceptors (Lipinski definition) is 14. The molecule has 3 aromatic rings. The molecule has 230 valence electrons. The van der Waals surface area contributed by atoms with Gasteiger partial charge in [0.25, 0.3) is 17.1 Å². The third-order valence-electron chi connectivity index (χ3n) is 6.09. The molecule has 0 amide bonds. The highest BCUT2D eigenvalue weighted by Crippen LogP contribution is 2.28. The largest absolute Gasteiger partial charge is 0.459 e. The Morgan fingerprint density at radius 2 is 0.977 bits per heavy atom. The highest BCUT2D eigenvalue weighted by Gasteiger charge is 2.50. The van der Waals surface area contributed by atoms with Crippen molar-refractivity contribution in [2.24, 2.45) is 0 Å². The summed E-state index contributed by atoms with van der Waals surface area (Å²) in [6.07, 6.45) is -6.54. The van der Waals surface area contributed by atoms with Gasteiger partial charge in [0.05, 0.1) is 31.5 Å². The van der Waals surface area contributed by atoms with Gasteiger partial charge in [0.2, 0.25) is 0 Å². The van der Waals surface area contributed by atoms with E-state index in [0.717, 1.165) is 72.8 Å². The van der Waals surface area contributed by atoms with Gasteiger partial charge in [0, 0.05) is 36.4 Å². The van der Waals surface area contributed by atoms with Crippen LogP contribution < -0.4 is 0 Å². The van der Waals surface area contributed by atoms with Crippen LogP contribution in [0.15, 0.2) is 72.8 Å². The Labute approximate surface area is 256 Å². The van der Waals surface area contributed by atoms with Gasteiger partial charge in [-0.25, -0.2) is 14.4 Å². The molecule has 0 aliphatic carbocycles. The van der Waals surface area contributed by atoms with Crippen LogP contribution >= 0.6 is 17.0 Å². The number of carbonyl (C=O) groups is 3. The summed E-state index contributed by atoms with van der Waals surface area (Å²) in [7, 11) is 0. The summed E-state index contributed by atoms with van der Waals surface area (Å²) in [5, 5.41) is 43.2. The molecule has 1 saturated heterocycles. The number of aliphatic hydroxyl groups excluding tert-OH is 1. The van der Waals surface area contributed by atoms with Crippen molar-refractivity contribution in [3.63, 3.8) is 0 Å². The molecule has 3 aromatic carbocycles. The molecule has 0 bridgehead atoms. The average molecular weight is 678 g/mol. The molecule has 44 heavy (non-hydrogen) atoms. The predicted octanol–water partition coefficient (Wildman–Crippen LogP) is 3.31. The summed E-state index contributed by atoms with van der Waals surface area (Å²) >= 11 is 0. The fraction of sp³-hybridized carbons (Fsp3) is 0.192. The van der Waals surface area contributed by atoms with Crippen LogP contribution in [0.5, 0.6) is 0 Å². The normalized spacial score (nSPS) is 18.8. The first kappa shape index (κ1) is 33.2. The van der Waals surface area contributed by atoms with Crippen molar-refractivity contribution >= 4 is 52.0 Å². The van der Waals surface area contributed by atoms with Crippen LogP contribution in [-0.2, 0) is 18.9 Å². The number of nitrogens with zero attached hydrogens (tertiary/aromatic N) is 3. The summed E-state index contributed by atoms with van der Waals surface area (Å²) in [6.45, 7) is -0.642. The smallest absolute Gasteiger partial charge is 0.338 e. The minimum Gasteiger partial charge on any atom is -0.459 e. The number of non-ortho nitro benzene ring substituents is 3. The zero-order valence-corrected chi connectivity index (χ0v) is 23.7. The highest BCUT2D eigenvalue weighted by molar-refractivity contribution is 8.93. The van der Waals surface area contributed by atoms with Crippen molar-refractivity contribution < 1.29 is 53.2 Å². The van der Waals surface area contributed by atoms with Gasteiger partial charge in [-0.05, 0) is 36.4 Å². The molecule has 17 nitrogen and oxygen atoms in total. The number of carbonyl (C=O) groups excluding carboxylic acids is 3. The van der Waals surface area contributed by atoms with Crippen LogP contribution in [0, 0.1) is 30.3 Å². The van der Waals surface area contributed by atoms with E-state index in [2.05, 4.69) is 0 Å². The molecular formula is C26H20BrN3O14. The molecule has 0 saturated carbocycles. The van der Waals surface area contributed by atoms with Crippen molar-refractivity contribution in [3.8, 4) is 0 Å². The van der Waals surface area contributed by atoms with Crippen molar-refractivity contribution in [1.29, 1.82) is 0 Å². The average Bonchev–Trinajstić information content (AvgIpc) is 3.28. The van der Waals surface area contributed by atoms with E-state index in [-0.39, 0.29) is 50.7 Å². The number of esters is 3. The number of rotatable bonds is 10. The summed E-state index contributed by atoms with van der Waals surface area (Å²) in [5.41, 5.74) is -1.23. The molecule has 1 aliphatic heterocycles. The highest BCUT2D eigenvalue weighted by atomic mass is 79.9. The van der Waals surface area contributed by atoms with Gasteiger partial charge in [0.15, 0.2) is 18.5 Å². The molecule has 4 rings (SSSR count). The van der Waals surface area contributed by atoms with Crippen molar-refractivity contribution in [3.05, 3.63) is 120 Å². The van der Waals surface area contributed by atoms with E-state index in [9.17, 15) is 49.8 Å². The first-order chi connectivity index (χ1) is 20.4. The lowest BCUT2D eigenvalue weighted by Crippen LogP contribution is -2.42. The number of benzene rings is 3. The van der Waals surface area contributed by atoms with Gasteiger partial charge in [-0.1, -0.05) is 0 Å². The lowest BCUT2D eigenvalue weighted by atomic mass is 10.1. The van der Waals surface area contributed by atoms with E-state index in [4.69, 9.17) is 18.9 Å². The van der Waals surface area contributed by atoms with Crippen LogP contribution in [0.25, 0.3) is 0 Å². The first-order valence-corrected chi connectivity index (χ1v) is 12.1. The van der Waals surface area contributed by atoms with Gasteiger partial charge >= 0.3 is 17.9 Å². The van der Waals surface area contributed by atoms with E-state index >= 15 is 0 Å². The molecule has 1 N–H and O–H groups in total. The fourth-order valence-corrected chi connectivity index (χ4v) is 3.89. The van der Waals surface area contributed by atoms with Crippen LogP contribution in [-0.4, -0.2) is 69.0 Å². The molecule has 1 heterocycles. The molecular weight excluding hydrogens is 658 g/mol. The monoisotopic (exact) mass is 677 g/mol. The van der Waals surface area contributed by atoms with Crippen molar-refractivity contribution in [1.82, 2.24) is 0 Å². The van der Waals surface area contributed by atoms with Crippen molar-refractivity contribution in [2.75, 3.05) is 6.61 Å². The Morgan fingerprint density at radius 3 is 1.34 bits per heavy atom. The molecule has 18 heteroatoms. The molecule has 1 aliphatic rings. The molecule has 0 radical (unpaired) electrons. The van der Waals surface area contributed by atoms with E-state index in [1.54, 1.807) is 0 Å². The Hall–Kier alpha value is -5.33. The van der Waals surface area contributed by atoms with Gasteiger partial charge in [0.1, 0.15) is 12.7 Å². The van der Waals surface area contributed by atoms with Gasteiger partial charge in [-0.15, -0.1) is 17.0 Å². The Bertz CT molecular complexity index is 1560. The number of hydrogen-bond donors (Lipinski definition) is 1. The van der Waals surface area contributed by atoms with E-state index in [1.807, 2.05) is 0 Å². The molecule has 0 aromatic heterocycles. The quantitative estimate of drug-likeness (QED) is 0.140. The second-order valence-electron chi connectivity index (χ2n) is 8.82. The minimum atomic E-state index is -1.89. The molecule has 4 atom stereocenters. The first-order valence-electron chi connectivity index (χ1n) is 12.1. The molecule has 1 fully saturated rings. The maximum atomic E-state index is 12.9. The van der Waals surface area contributed by atoms with Crippen LogP contribution in [0.2, 0.25) is 0 Å². The Balaban J connectivity index is 0.00000529. The Morgan fingerprint density at radius 1 is 0.636 bits per heavy atom. The standard InChI is InChI=1S/C26H19N3O14.BrH/c30-23(14-1-7-17(8-2-14)27(34)35)40-13-20-21(42-24(31)15-3-9-18(10-4-15)28(36)37)22(26(33)41-20)43-25(32)16-5-11-19(12-6-16)29(38)39;/h1-12,20-22,26,33H,13H2;1H/t20-,21-,22-,26+;/m1./s1. The molecule has 0 spiro atoms. The van der Waals surface area contributed by atoms with Crippen LogP contribution in [0.1, 0.15) is 31.1 Å². The maximum Gasteiger partial charge on any atom is 0.338 e. The second-order valence-corrected chi connectivity index (χ2v) is 8.82. The number of aliphatic hydroxyl groups is 1. The zero-order chi connectivity index (χ0) is 31.3. The van der Waals surface area contributed by atoms with Gasteiger partial charge in [-0.3, -0.25) is 30.3 Å². The van der Waals surface area contributed by atoms with E-state index in [0.29, 0.717) is 0 Å². The van der Waals surface area contributed by atoms with E-state index < -0.39 is 63.9 Å². The number of halogens is 1.